The third kappa shape index (κ3) is 3.38. The Kier molecular flexibility index (Phi) is 4.84. The summed E-state index contributed by atoms with van der Waals surface area (Å²) in [5, 5.41) is 13.4. The minimum atomic E-state index is -1.09. The number of hydrogen-bond donors (Lipinski definition) is 1. The topological polar surface area (TPSA) is 62.5 Å². The second kappa shape index (κ2) is 7.33. The number of aromatic nitrogens is 1. The van der Waals surface area contributed by atoms with Crippen molar-refractivity contribution in [2.24, 2.45) is 0 Å². The first-order valence-electron chi connectivity index (χ1n) is 9.06. The van der Waals surface area contributed by atoms with Gasteiger partial charge in [0.25, 0.3) is 0 Å². The van der Waals surface area contributed by atoms with Crippen molar-refractivity contribution < 1.29 is 19.1 Å². The molecule has 0 fully saturated rings. The number of hydrogen-bond acceptors (Lipinski definition) is 3. The van der Waals surface area contributed by atoms with E-state index >= 15 is 0 Å². The predicted octanol–water partition coefficient (Wildman–Crippen LogP) is 4.37. The molecule has 2 heterocycles. The minimum Gasteiger partial charge on any atom is -0.477 e. The van der Waals surface area contributed by atoms with Gasteiger partial charge in [-0.15, -0.1) is 11.3 Å². The molecule has 0 unspecified atom stereocenters. The molecule has 0 radical (unpaired) electrons. The smallest absolute Gasteiger partial charge is 0.352 e. The number of rotatable bonds is 5. The van der Waals surface area contributed by atoms with Gasteiger partial charge in [0.1, 0.15) is 11.5 Å². The standard InChI is InChI=1S/C22H19FN2O3S/c1-24(2)20(26)10-17-15-5-3-4-6-18(15)25(21(17)22(27)28)11-13-12-29-19-8-7-14(23)9-16(13)19/h3-9,12H,10-11H2,1-2H3,(H,27,28). The van der Waals surface area contributed by atoms with Crippen LogP contribution >= 0.6 is 11.3 Å². The summed E-state index contributed by atoms with van der Waals surface area (Å²) in [6.45, 7) is 0.280. The Morgan fingerprint density at radius 1 is 1.14 bits per heavy atom. The Balaban J connectivity index is 1.91. The molecule has 0 atom stereocenters. The van der Waals surface area contributed by atoms with Crippen molar-refractivity contribution in [2.75, 3.05) is 14.1 Å². The molecule has 0 bridgehead atoms. The average Bonchev–Trinajstić information content (AvgIpc) is 3.21. The predicted molar refractivity (Wildman–Crippen MR) is 112 cm³/mol. The molecule has 148 valence electrons. The number of carbonyl (C=O) groups is 2. The van der Waals surface area contributed by atoms with Gasteiger partial charge < -0.3 is 14.6 Å². The van der Waals surface area contributed by atoms with Gasteiger partial charge in [-0.05, 0) is 35.2 Å². The second-order valence-corrected chi connectivity index (χ2v) is 8.01. The fourth-order valence-corrected chi connectivity index (χ4v) is 4.55. The Bertz CT molecular complexity index is 1260. The van der Waals surface area contributed by atoms with Gasteiger partial charge in [0.05, 0.1) is 6.42 Å². The first-order chi connectivity index (χ1) is 13.9. The normalized spacial score (nSPS) is 11.3. The SMILES string of the molecule is CN(C)C(=O)Cc1c(C(=O)O)n(Cc2csc3ccc(F)cc23)c2ccccc12. The molecule has 7 heteroatoms. The van der Waals surface area contributed by atoms with Gasteiger partial charge in [-0.3, -0.25) is 4.79 Å². The van der Waals surface area contributed by atoms with Gasteiger partial charge in [0, 0.05) is 47.2 Å². The molecule has 2 aromatic heterocycles. The summed E-state index contributed by atoms with van der Waals surface area (Å²) in [6, 6.07) is 12.0. The lowest BCUT2D eigenvalue weighted by atomic mass is 10.1. The van der Waals surface area contributed by atoms with Crippen LogP contribution in [-0.2, 0) is 17.8 Å². The van der Waals surface area contributed by atoms with Crippen molar-refractivity contribution in [1.82, 2.24) is 9.47 Å². The van der Waals surface area contributed by atoms with Crippen LogP contribution in [0.4, 0.5) is 4.39 Å². The molecular formula is C22H19FN2O3S. The van der Waals surface area contributed by atoms with E-state index in [0.717, 1.165) is 26.6 Å². The Hall–Kier alpha value is -3.19. The van der Waals surface area contributed by atoms with Crippen LogP contribution < -0.4 is 0 Å². The van der Waals surface area contributed by atoms with Gasteiger partial charge in [-0.1, -0.05) is 18.2 Å². The number of carbonyl (C=O) groups excluding carboxylic acids is 1. The van der Waals surface area contributed by atoms with Crippen LogP contribution in [0.5, 0.6) is 0 Å². The number of amides is 1. The summed E-state index contributed by atoms with van der Waals surface area (Å²) >= 11 is 1.49. The molecule has 0 aliphatic carbocycles. The number of halogens is 1. The lowest BCUT2D eigenvalue weighted by molar-refractivity contribution is -0.127. The maximum absolute atomic E-state index is 13.8. The molecule has 5 nitrogen and oxygen atoms in total. The van der Waals surface area contributed by atoms with Gasteiger partial charge in [-0.2, -0.15) is 0 Å². The van der Waals surface area contributed by atoms with Crippen LogP contribution in [0, 0.1) is 5.82 Å². The molecule has 0 aliphatic heterocycles. The van der Waals surface area contributed by atoms with E-state index in [-0.39, 0.29) is 30.4 Å². The van der Waals surface area contributed by atoms with E-state index in [1.165, 1.54) is 28.4 Å². The molecule has 0 saturated heterocycles. The van der Waals surface area contributed by atoms with E-state index in [0.29, 0.717) is 5.56 Å². The van der Waals surface area contributed by atoms with Crippen LogP contribution in [0.25, 0.3) is 21.0 Å². The lowest BCUT2D eigenvalue weighted by Gasteiger charge is -2.11. The summed E-state index contributed by atoms with van der Waals surface area (Å²) in [5.41, 5.74) is 2.18. The molecule has 1 N–H and O–H groups in total. The van der Waals surface area contributed by atoms with Gasteiger partial charge in [-0.25, -0.2) is 9.18 Å². The average molecular weight is 410 g/mol. The number of benzene rings is 2. The number of para-hydroxylation sites is 1. The monoisotopic (exact) mass is 410 g/mol. The quantitative estimate of drug-likeness (QED) is 0.531. The molecule has 29 heavy (non-hydrogen) atoms. The zero-order valence-electron chi connectivity index (χ0n) is 16.0. The van der Waals surface area contributed by atoms with Crippen molar-refractivity contribution in [3.8, 4) is 0 Å². The third-order valence-electron chi connectivity index (χ3n) is 5.05. The highest BCUT2D eigenvalue weighted by Gasteiger charge is 2.25. The number of fused-ring (bicyclic) bond motifs is 2. The van der Waals surface area contributed by atoms with Crippen molar-refractivity contribution >= 4 is 44.2 Å². The van der Waals surface area contributed by atoms with E-state index in [4.69, 9.17) is 0 Å². The van der Waals surface area contributed by atoms with E-state index in [1.807, 2.05) is 29.6 Å². The van der Waals surface area contributed by atoms with Crippen molar-refractivity contribution in [3.63, 3.8) is 0 Å². The molecule has 4 rings (SSSR count). The maximum atomic E-state index is 13.8. The molecule has 0 aliphatic rings. The highest BCUT2D eigenvalue weighted by atomic mass is 32.1. The van der Waals surface area contributed by atoms with Gasteiger partial charge in [0.15, 0.2) is 0 Å². The van der Waals surface area contributed by atoms with E-state index in [1.54, 1.807) is 24.7 Å². The van der Waals surface area contributed by atoms with Crippen molar-refractivity contribution in [1.29, 1.82) is 0 Å². The van der Waals surface area contributed by atoms with Gasteiger partial charge in [0.2, 0.25) is 5.91 Å². The maximum Gasteiger partial charge on any atom is 0.352 e. The van der Waals surface area contributed by atoms with E-state index < -0.39 is 5.97 Å². The van der Waals surface area contributed by atoms with Crippen LogP contribution in [0.3, 0.4) is 0 Å². The highest BCUT2D eigenvalue weighted by Crippen LogP contribution is 2.32. The van der Waals surface area contributed by atoms with E-state index in [2.05, 4.69) is 0 Å². The lowest BCUT2D eigenvalue weighted by Crippen LogP contribution is -2.24. The van der Waals surface area contributed by atoms with Crippen LogP contribution in [-0.4, -0.2) is 40.5 Å². The first kappa shape index (κ1) is 19.1. The molecular weight excluding hydrogens is 391 g/mol. The number of aromatic carboxylic acids is 1. The number of thiophene rings is 1. The summed E-state index contributed by atoms with van der Waals surface area (Å²) in [6.07, 6.45) is 0.00115. The molecule has 0 saturated carbocycles. The van der Waals surface area contributed by atoms with Gasteiger partial charge >= 0.3 is 5.97 Å². The molecule has 2 aromatic carbocycles. The number of carboxylic acids is 1. The highest BCUT2D eigenvalue weighted by molar-refractivity contribution is 7.17. The fraction of sp³-hybridized carbons (Fsp3) is 0.182. The molecule has 4 aromatic rings. The second-order valence-electron chi connectivity index (χ2n) is 7.10. The van der Waals surface area contributed by atoms with Crippen LogP contribution in [0.2, 0.25) is 0 Å². The Morgan fingerprint density at radius 3 is 2.62 bits per heavy atom. The largest absolute Gasteiger partial charge is 0.477 e. The van der Waals surface area contributed by atoms with Crippen LogP contribution in [0.15, 0.2) is 47.8 Å². The number of carboxylic acid groups (broad SMARTS) is 1. The first-order valence-corrected chi connectivity index (χ1v) is 9.94. The van der Waals surface area contributed by atoms with Crippen LogP contribution in [0.1, 0.15) is 21.6 Å². The minimum absolute atomic E-state index is 0.00115. The van der Waals surface area contributed by atoms with Crippen molar-refractivity contribution in [3.05, 3.63) is 70.5 Å². The zero-order chi connectivity index (χ0) is 20.7. The Labute approximate surface area is 170 Å². The van der Waals surface area contributed by atoms with Crippen molar-refractivity contribution in [2.45, 2.75) is 13.0 Å². The summed E-state index contributed by atoms with van der Waals surface area (Å²) < 4.78 is 16.4. The fourth-order valence-electron chi connectivity index (χ4n) is 3.62. The summed E-state index contributed by atoms with van der Waals surface area (Å²) in [4.78, 5) is 26.0. The molecule has 1 amide bonds. The molecule has 0 spiro atoms. The summed E-state index contributed by atoms with van der Waals surface area (Å²) in [5.74, 6) is -1.59. The summed E-state index contributed by atoms with van der Waals surface area (Å²) in [7, 11) is 3.29. The van der Waals surface area contributed by atoms with E-state index in [9.17, 15) is 19.1 Å². The zero-order valence-corrected chi connectivity index (χ0v) is 16.8. The number of likely N-dealkylation sites (N-methyl/N-ethyl adjacent to an activating group) is 1. The third-order valence-corrected chi connectivity index (χ3v) is 6.06. The Morgan fingerprint density at radius 2 is 1.90 bits per heavy atom. The number of nitrogens with zero attached hydrogens (tertiary/aromatic N) is 2.